The third kappa shape index (κ3) is 3.98. The lowest BCUT2D eigenvalue weighted by Gasteiger charge is -2.25. The lowest BCUT2D eigenvalue weighted by Crippen LogP contribution is -2.45. The number of carbonyl (C=O) groups is 2. The van der Waals surface area contributed by atoms with Crippen LogP contribution in [0.4, 0.5) is 0 Å². The number of nitrogens with one attached hydrogen (secondary N) is 1. The van der Waals surface area contributed by atoms with Crippen molar-refractivity contribution in [1.82, 2.24) is 10.2 Å². The van der Waals surface area contributed by atoms with Gasteiger partial charge in [0.1, 0.15) is 0 Å². The van der Waals surface area contributed by atoms with Crippen molar-refractivity contribution in [2.75, 3.05) is 33.4 Å². The fourth-order valence-electron chi connectivity index (χ4n) is 1.88. The van der Waals surface area contributed by atoms with Gasteiger partial charge in [-0.2, -0.15) is 0 Å². The van der Waals surface area contributed by atoms with Crippen LogP contribution in [0, 0.1) is 5.92 Å². The van der Waals surface area contributed by atoms with Gasteiger partial charge < -0.3 is 15.2 Å². The van der Waals surface area contributed by atoms with Crippen molar-refractivity contribution in [2.45, 2.75) is 19.4 Å². The first-order chi connectivity index (χ1) is 8.06. The highest BCUT2D eigenvalue weighted by atomic mass is 16.5. The van der Waals surface area contributed by atoms with Gasteiger partial charge in [-0.05, 0) is 13.5 Å². The van der Waals surface area contributed by atoms with Gasteiger partial charge in [-0.25, -0.2) is 0 Å². The SMILES string of the molecule is CCCNC(=O)CN(C)C1COCC1C(=O)O. The van der Waals surface area contributed by atoms with E-state index in [1.165, 1.54) is 0 Å². The molecule has 0 aromatic rings. The van der Waals surface area contributed by atoms with Gasteiger partial charge in [0.25, 0.3) is 0 Å². The summed E-state index contributed by atoms with van der Waals surface area (Å²) in [7, 11) is 1.75. The number of hydrogen-bond acceptors (Lipinski definition) is 4. The summed E-state index contributed by atoms with van der Waals surface area (Å²) >= 11 is 0. The smallest absolute Gasteiger partial charge is 0.310 e. The van der Waals surface area contributed by atoms with Gasteiger partial charge in [0.15, 0.2) is 0 Å². The zero-order chi connectivity index (χ0) is 12.8. The number of carboxylic acid groups (broad SMARTS) is 1. The Morgan fingerprint density at radius 2 is 2.18 bits per heavy atom. The molecule has 1 fully saturated rings. The number of hydrogen-bond donors (Lipinski definition) is 2. The first kappa shape index (κ1) is 13.9. The first-order valence-corrected chi connectivity index (χ1v) is 5.83. The number of amides is 1. The molecule has 98 valence electrons. The van der Waals surface area contributed by atoms with Crippen molar-refractivity contribution in [3.05, 3.63) is 0 Å². The van der Waals surface area contributed by atoms with E-state index in [4.69, 9.17) is 9.84 Å². The van der Waals surface area contributed by atoms with Crippen LogP contribution in [0.5, 0.6) is 0 Å². The van der Waals surface area contributed by atoms with Gasteiger partial charge in [0.05, 0.1) is 25.7 Å². The summed E-state index contributed by atoms with van der Waals surface area (Å²) in [6.07, 6.45) is 0.889. The molecule has 0 saturated carbocycles. The second-order valence-corrected chi connectivity index (χ2v) is 4.31. The molecule has 2 unspecified atom stereocenters. The summed E-state index contributed by atoms with van der Waals surface area (Å²) in [6.45, 7) is 3.43. The number of likely N-dealkylation sites (N-methyl/N-ethyl adjacent to an activating group) is 1. The molecule has 1 rings (SSSR count). The van der Waals surface area contributed by atoms with Crippen LogP contribution in [0.1, 0.15) is 13.3 Å². The number of aliphatic carboxylic acids is 1. The van der Waals surface area contributed by atoms with Crippen LogP contribution >= 0.6 is 0 Å². The Hall–Kier alpha value is -1.14. The molecule has 6 nitrogen and oxygen atoms in total. The minimum Gasteiger partial charge on any atom is -0.481 e. The van der Waals surface area contributed by atoms with E-state index in [1.807, 2.05) is 6.92 Å². The topological polar surface area (TPSA) is 78.9 Å². The molecule has 0 aromatic carbocycles. The Balaban J connectivity index is 2.43. The monoisotopic (exact) mass is 244 g/mol. The van der Waals surface area contributed by atoms with Crippen molar-refractivity contribution in [3.8, 4) is 0 Å². The predicted octanol–water partition coefficient (Wildman–Crippen LogP) is -0.456. The number of rotatable bonds is 6. The van der Waals surface area contributed by atoms with E-state index in [9.17, 15) is 9.59 Å². The Kier molecular flexibility index (Phi) is 5.37. The van der Waals surface area contributed by atoms with E-state index < -0.39 is 11.9 Å². The van der Waals surface area contributed by atoms with Gasteiger partial charge in [0, 0.05) is 12.6 Å². The molecule has 1 amide bonds. The van der Waals surface area contributed by atoms with E-state index in [1.54, 1.807) is 11.9 Å². The number of carbonyl (C=O) groups excluding carboxylic acids is 1. The normalized spacial score (nSPS) is 23.9. The highest BCUT2D eigenvalue weighted by molar-refractivity contribution is 5.78. The molecule has 1 saturated heterocycles. The quantitative estimate of drug-likeness (QED) is 0.661. The largest absolute Gasteiger partial charge is 0.481 e. The molecule has 0 bridgehead atoms. The molecular formula is C11H20N2O4. The predicted molar refractivity (Wildman–Crippen MR) is 61.7 cm³/mol. The van der Waals surface area contributed by atoms with Gasteiger partial charge in [0.2, 0.25) is 5.91 Å². The third-order valence-electron chi connectivity index (χ3n) is 2.90. The molecule has 0 radical (unpaired) electrons. The third-order valence-corrected chi connectivity index (χ3v) is 2.90. The maximum absolute atomic E-state index is 11.5. The minimum absolute atomic E-state index is 0.0783. The molecule has 1 aliphatic rings. The average Bonchev–Trinajstić information content (AvgIpc) is 2.75. The number of carboxylic acids is 1. The van der Waals surface area contributed by atoms with Gasteiger partial charge in [-0.15, -0.1) is 0 Å². The van der Waals surface area contributed by atoms with Crippen LogP contribution in [0.3, 0.4) is 0 Å². The van der Waals surface area contributed by atoms with E-state index in [-0.39, 0.29) is 25.1 Å². The Morgan fingerprint density at radius 3 is 2.76 bits per heavy atom. The van der Waals surface area contributed by atoms with Crippen LogP contribution in [0.25, 0.3) is 0 Å². The minimum atomic E-state index is -0.867. The fourth-order valence-corrected chi connectivity index (χ4v) is 1.88. The van der Waals surface area contributed by atoms with Crippen LogP contribution in [-0.4, -0.2) is 61.3 Å². The molecule has 6 heteroatoms. The molecule has 1 heterocycles. The highest BCUT2D eigenvalue weighted by Crippen LogP contribution is 2.18. The number of ether oxygens (including phenoxy) is 1. The highest BCUT2D eigenvalue weighted by Gasteiger charge is 2.36. The van der Waals surface area contributed by atoms with Gasteiger partial charge >= 0.3 is 5.97 Å². The molecule has 0 spiro atoms. The summed E-state index contributed by atoms with van der Waals surface area (Å²) < 4.78 is 5.16. The Bertz CT molecular complexity index is 283. The van der Waals surface area contributed by atoms with Crippen molar-refractivity contribution >= 4 is 11.9 Å². The Morgan fingerprint density at radius 1 is 1.47 bits per heavy atom. The van der Waals surface area contributed by atoms with Crippen molar-refractivity contribution in [1.29, 1.82) is 0 Å². The standard InChI is InChI=1S/C11H20N2O4/c1-3-4-12-10(14)5-13(2)9-7-17-6-8(9)11(15)16/h8-9H,3-7H2,1-2H3,(H,12,14)(H,15,16). The zero-order valence-corrected chi connectivity index (χ0v) is 10.3. The fraction of sp³-hybridized carbons (Fsp3) is 0.818. The maximum Gasteiger partial charge on any atom is 0.310 e. The summed E-state index contributed by atoms with van der Waals surface area (Å²) in [4.78, 5) is 24.2. The summed E-state index contributed by atoms with van der Waals surface area (Å²) in [5.74, 6) is -1.49. The second-order valence-electron chi connectivity index (χ2n) is 4.31. The lowest BCUT2D eigenvalue weighted by molar-refractivity contribution is -0.143. The van der Waals surface area contributed by atoms with E-state index >= 15 is 0 Å². The van der Waals surface area contributed by atoms with Crippen molar-refractivity contribution in [2.24, 2.45) is 5.92 Å². The van der Waals surface area contributed by atoms with Gasteiger partial charge in [-0.3, -0.25) is 14.5 Å². The number of nitrogens with zero attached hydrogens (tertiary/aromatic N) is 1. The van der Waals surface area contributed by atoms with Crippen LogP contribution in [0.2, 0.25) is 0 Å². The van der Waals surface area contributed by atoms with Gasteiger partial charge in [-0.1, -0.05) is 6.92 Å². The lowest BCUT2D eigenvalue weighted by atomic mass is 10.0. The average molecular weight is 244 g/mol. The Labute approximate surface area is 101 Å². The molecular weight excluding hydrogens is 224 g/mol. The van der Waals surface area contributed by atoms with E-state index in [2.05, 4.69) is 5.32 Å². The van der Waals surface area contributed by atoms with Crippen LogP contribution in [0.15, 0.2) is 0 Å². The molecule has 1 aliphatic heterocycles. The van der Waals surface area contributed by atoms with Crippen LogP contribution in [-0.2, 0) is 14.3 Å². The molecule has 2 N–H and O–H groups in total. The summed E-state index contributed by atoms with van der Waals surface area (Å²) in [6, 6.07) is -0.222. The summed E-state index contributed by atoms with van der Waals surface area (Å²) in [5, 5.41) is 11.8. The van der Waals surface area contributed by atoms with Crippen molar-refractivity contribution in [3.63, 3.8) is 0 Å². The molecule has 2 atom stereocenters. The second kappa shape index (κ2) is 6.56. The molecule has 0 aliphatic carbocycles. The first-order valence-electron chi connectivity index (χ1n) is 5.83. The molecule has 0 aromatic heterocycles. The molecule has 17 heavy (non-hydrogen) atoms. The van der Waals surface area contributed by atoms with Crippen molar-refractivity contribution < 1.29 is 19.4 Å². The summed E-state index contributed by atoms with van der Waals surface area (Å²) in [5.41, 5.74) is 0. The van der Waals surface area contributed by atoms with Crippen LogP contribution < -0.4 is 5.32 Å². The zero-order valence-electron chi connectivity index (χ0n) is 10.3. The van der Waals surface area contributed by atoms with E-state index in [0.717, 1.165) is 6.42 Å². The van der Waals surface area contributed by atoms with E-state index in [0.29, 0.717) is 13.2 Å². The maximum atomic E-state index is 11.5.